The molecule has 0 bridgehead atoms. The Hall–Kier alpha value is -0.790. The van der Waals surface area contributed by atoms with E-state index in [1.54, 1.807) is 0 Å². The summed E-state index contributed by atoms with van der Waals surface area (Å²) in [5, 5.41) is 8.59. The minimum absolute atomic E-state index is 0.134. The third kappa shape index (κ3) is 3.08. The number of nitrogens with zero attached hydrogens (tertiary/aromatic N) is 1. The predicted molar refractivity (Wildman–Crippen MR) is 58.0 cm³/mol. The van der Waals surface area contributed by atoms with Crippen LogP contribution in [0.15, 0.2) is 6.07 Å². The highest BCUT2D eigenvalue weighted by Crippen LogP contribution is 2.26. The van der Waals surface area contributed by atoms with Crippen molar-refractivity contribution in [3.05, 3.63) is 26.6 Å². The van der Waals surface area contributed by atoms with Gasteiger partial charge < -0.3 is 5.11 Å². The molecule has 0 radical (unpaired) electrons. The van der Waals surface area contributed by atoms with Crippen molar-refractivity contribution in [1.29, 1.82) is 0 Å². The number of carbonyl (C=O) groups is 1. The third-order valence-electron chi connectivity index (χ3n) is 1.86. The standard InChI is InChI=1S/C9H8F2INO2/c1-4-8(9(10)11)5(3-7(14)15)2-6(12)13-4/h2,9H,3H2,1H3,(H,14,15). The number of pyridine rings is 1. The van der Waals surface area contributed by atoms with Crippen molar-refractivity contribution in [1.82, 2.24) is 4.98 Å². The van der Waals surface area contributed by atoms with Gasteiger partial charge in [-0.15, -0.1) is 0 Å². The smallest absolute Gasteiger partial charge is 0.307 e. The van der Waals surface area contributed by atoms with E-state index in [2.05, 4.69) is 4.98 Å². The van der Waals surface area contributed by atoms with Crippen LogP contribution in [0.25, 0.3) is 0 Å². The van der Waals surface area contributed by atoms with E-state index in [0.717, 1.165) is 0 Å². The topological polar surface area (TPSA) is 50.2 Å². The molecule has 0 atom stereocenters. The summed E-state index contributed by atoms with van der Waals surface area (Å²) in [6, 6.07) is 1.38. The minimum atomic E-state index is -2.69. The SMILES string of the molecule is Cc1nc(I)cc(CC(=O)O)c1C(F)F. The molecule has 15 heavy (non-hydrogen) atoms. The normalized spacial score (nSPS) is 10.7. The lowest BCUT2D eigenvalue weighted by molar-refractivity contribution is -0.136. The number of aromatic nitrogens is 1. The fourth-order valence-electron chi connectivity index (χ4n) is 1.31. The van der Waals surface area contributed by atoms with Crippen LogP contribution in [0.5, 0.6) is 0 Å². The van der Waals surface area contributed by atoms with E-state index in [1.807, 2.05) is 22.6 Å². The van der Waals surface area contributed by atoms with Gasteiger partial charge in [0.1, 0.15) is 3.70 Å². The maximum atomic E-state index is 12.6. The van der Waals surface area contributed by atoms with E-state index in [4.69, 9.17) is 5.11 Å². The number of rotatable bonds is 3. The zero-order valence-electron chi connectivity index (χ0n) is 7.80. The number of carboxylic acids is 1. The average Bonchev–Trinajstić information content (AvgIpc) is 1.99. The molecule has 3 nitrogen and oxygen atoms in total. The lowest BCUT2D eigenvalue weighted by Gasteiger charge is -2.10. The number of hydrogen-bond acceptors (Lipinski definition) is 2. The monoisotopic (exact) mass is 327 g/mol. The summed E-state index contributed by atoms with van der Waals surface area (Å²) in [6.07, 6.45) is -3.09. The van der Waals surface area contributed by atoms with Crippen LogP contribution in [-0.4, -0.2) is 16.1 Å². The van der Waals surface area contributed by atoms with E-state index in [9.17, 15) is 13.6 Å². The van der Waals surface area contributed by atoms with Crippen LogP contribution >= 0.6 is 22.6 Å². The number of hydrogen-bond donors (Lipinski definition) is 1. The molecule has 0 aromatic carbocycles. The van der Waals surface area contributed by atoms with Gasteiger partial charge in [-0.2, -0.15) is 0 Å². The van der Waals surface area contributed by atoms with Gasteiger partial charge in [0, 0.05) is 11.3 Å². The van der Waals surface area contributed by atoms with E-state index in [0.29, 0.717) is 3.70 Å². The Balaban J connectivity index is 3.26. The maximum Gasteiger partial charge on any atom is 0.307 e. The zero-order valence-corrected chi connectivity index (χ0v) is 9.96. The molecule has 0 spiro atoms. The quantitative estimate of drug-likeness (QED) is 0.686. The van der Waals surface area contributed by atoms with Gasteiger partial charge in [0.05, 0.1) is 6.42 Å². The molecule has 0 aliphatic heterocycles. The Morgan fingerprint density at radius 2 is 2.27 bits per heavy atom. The average molecular weight is 327 g/mol. The van der Waals surface area contributed by atoms with Crippen molar-refractivity contribution < 1.29 is 18.7 Å². The highest BCUT2D eigenvalue weighted by Gasteiger charge is 2.19. The van der Waals surface area contributed by atoms with Crippen molar-refractivity contribution in [3.8, 4) is 0 Å². The third-order valence-corrected chi connectivity index (χ3v) is 2.42. The molecule has 0 aliphatic rings. The molecule has 0 unspecified atom stereocenters. The van der Waals surface area contributed by atoms with Gasteiger partial charge in [-0.25, -0.2) is 13.8 Å². The fourth-order valence-corrected chi connectivity index (χ4v) is 2.05. The van der Waals surface area contributed by atoms with Crippen LogP contribution in [0, 0.1) is 10.6 Å². The summed E-state index contributed by atoms with van der Waals surface area (Å²) in [4.78, 5) is 14.4. The Bertz CT molecular complexity index is 396. The molecule has 82 valence electrons. The predicted octanol–water partition coefficient (Wildman–Crippen LogP) is 2.56. The van der Waals surface area contributed by atoms with Gasteiger partial charge in [0.2, 0.25) is 0 Å². The molecular formula is C9H8F2INO2. The summed E-state index contributed by atoms with van der Waals surface area (Å²) < 4.78 is 25.8. The van der Waals surface area contributed by atoms with Gasteiger partial charge in [-0.3, -0.25) is 4.79 Å². The molecule has 0 saturated carbocycles. The Labute approximate surface area is 98.7 Å². The minimum Gasteiger partial charge on any atom is -0.481 e. The second-order valence-electron chi connectivity index (χ2n) is 2.97. The van der Waals surface area contributed by atoms with Gasteiger partial charge in [-0.05, 0) is 41.1 Å². The molecular weight excluding hydrogens is 319 g/mol. The second-order valence-corrected chi connectivity index (χ2v) is 4.08. The largest absolute Gasteiger partial charge is 0.481 e. The van der Waals surface area contributed by atoms with Gasteiger partial charge in [-0.1, -0.05) is 0 Å². The molecule has 6 heteroatoms. The molecule has 1 heterocycles. The lowest BCUT2D eigenvalue weighted by Crippen LogP contribution is -2.08. The highest BCUT2D eigenvalue weighted by atomic mass is 127. The lowest BCUT2D eigenvalue weighted by atomic mass is 10.0. The first-order chi connectivity index (χ1) is 6.91. The maximum absolute atomic E-state index is 12.6. The van der Waals surface area contributed by atoms with Crippen molar-refractivity contribution in [2.24, 2.45) is 0 Å². The number of aryl methyl sites for hydroxylation is 1. The molecule has 1 rings (SSSR count). The Kier molecular flexibility index (Phi) is 3.95. The van der Waals surface area contributed by atoms with E-state index in [-0.39, 0.29) is 16.8 Å². The number of aliphatic carboxylic acids is 1. The van der Waals surface area contributed by atoms with Crippen LogP contribution < -0.4 is 0 Å². The molecule has 0 amide bonds. The zero-order chi connectivity index (χ0) is 11.6. The van der Waals surface area contributed by atoms with Crippen molar-refractivity contribution in [2.45, 2.75) is 19.8 Å². The summed E-state index contributed by atoms with van der Waals surface area (Å²) in [6.45, 7) is 1.45. The van der Waals surface area contributed by atoms with Crippen molar-refractivity contribution in [2.75, 3.05) is 0 Å². The van der Waals surface area contributed by atoms with Crippen LogP contribution in [-0.2, 0) is 11.2 Å². The summed E-state index contributed by atoms with van der Waals surface area (Å²) in [5.41, 5.74) is 0.0559. The van der Waals surface area contributed by atoms with E-state index < -0.39 is 18.8 Å². The molecule has 1 N–H and O–H groups in total. The first-order valence-corrected chi connectivity index (χ1v) is 5.15. The molecule has 1 aromatic heterocycles. The first kappa shape index (κ1) is 12.3. The van der Waals surface area contributed by atoms with Crippen LogP contribution in [0.2, 0.25) is 0 Å². The molecule has 0 fully saturated rings. The van der Waals surface area contributed by atoms with Crippen LogP contribution in [0.4, 0.5) is 8.78 Å². The van der Waals surface area contributed by atoms with Crippen LogP contribution in [0.1, 0.15) is 23.2 Å². The second kappa shape index (κ2) is 4.82. The van der Waals surface area contributed by atoms with Crippen LogP contribution in [0.3, 0.4) is 0 Å². The van der Waals surface area contributed by atoms with Gasteiger partial charge in [0.15, 0.2) is 0 Å². The highest BCUT2D eigenvalue weighted by molar-refractivity contribution is 14.1. The van der Waals surface area contributed by atoms with E-state index >= 15 is 0 Å². The van der Waals surface area contributed by atoms with E-state index in [1.165, 1.54) is 13.0 Å². The summed E-state index contributed by atoms with van der Waals surface area (Å²) in [7, 11) is 0. The molecule has 0 aliphatic carbocycles. The van der Waals surface area contributed by atoms with Crippen molar-refractivity contribution in [3.63, 3.8) is 0 Å². The number of halogens is 3. The Morgan fingerprint density at radius 3 is 2.73 bits per heavy atom. The first-order valence-electron chi connectivity index (χ1n) is 4.07. The summed E-state index contributed by atoms with van der Waals surface area (Å²) >= 11 is 1.87. The fraction of sp³-hybridized carbons (Fsp3) is 0.333. The van der Waals surface area contributed by atoms with Crippen molar-refractivity contribution >= 4 is 28.6 Å². The molecule has 1 aromatic rings. The van der Waals surface area contributed by atoms with Gasteiger partial charge in [0.25, 0.3) is 6.43 Å². The summed E-state index contributed by atoms with van der Waals surface area (Å²) in [5.74, 6) is -1.13. The van der Waals surface area contributed by atoms with Gasteiger partial charge >= 0.3 is 5.97 Å². The molecule has 0 saturated heterocycles. The Morgan fingerprint density at radius 1 is 1.67 bits per heavy atom. The number of carboxylic acid groups (broad SMARTS) is 1. The number of alkyl halides is 2.